The SMILES string of the molecule is COc1ccc(-c2n[nH]c3c2C(c2cc(OC)ccc2OC)N(CC(OC)OC)C3=O)cc1. The number of hydrogen-bond acceptors (Lipinski definition) is 7. The molecule has 3 aromatic rings. The van der Waals surface area contributed by atoms with Crippen molar-refractivity contribution in [3.8, 4) is 28.5 Å². The van der Waals surface area contributed by atoms with Crippen LogP contribution in [0.1, 0.15) is 27.7 Å². The van der Waals surface area contributed by atoms with E-state index in [0.717, 1.165) is 22.4 Å². The van der Waals surface area contributed by atoms with Crippen LogP contribution in [0.3, 0.4) is 0 Å². The summed E-state index contributed by atoms with van der Waals surface area (Å²) in [6.07, 6.45) is -0.602. The number of ether oxygens (including phenoxy) is 5. The number of methoxy groups -OCH3 is 5. The first kappa shape index (κ1) is 22.6. The van der Waals surface area contributed by atoms with E-state index in [2.05, 4.69) is 10.2 Å². The van der Waals surface area contributed by atoms with Crippen LogP contribution in [0.5, 0.6) is 17.2 Å². The van der Waals surface area contributed by atoms with E-state index >= 15 is 0 Å². The van der Waals surface area contributed by atoms with Gasteiger partial charge in [0.25, 0.3) is 5.91 Å². The molecular weight excluding hydrogens is 426 g/mol. The highest BCUT2D eigenvalue weighted by Crippen LogP contribution is 2.46. The van der Waals surface area contributed by atoms with Crippen molar-refractivity contribution in [3.05, 3.63) is 59.3 Å². The molecule has 9 nitrogen and oxygen atoms in total. The van der Waals surface area contributed by atoms with Gasteiger partial charge in [-0.2, -0.15) is 5.10 Å². The highest BCUT2D eigenvalue weighted by atomic mass is 16.7. The Morgan fingerprint density at radius 1 is 0.939 bits per heavy atom. The monoisotopic (exact) mass is 453 g/mol. The fourth-order valence-electron chi connectivity index (χ4n) is 4.14. The standard InChI is InChI=1S/C24H27N3O6/c1-29-15-8-6-14(7-9-15)21-20-22(26-25-21)24(28)27(13-19(32-4)33-5)23(20)17-12-16(30-2)10-11-18(17)31-3/h6-12,19,23H,13H2,1-5H3,(H,25,26). The van der Waals surface area contributed by atoms with Crippen molar-refractivity contribution in [2.24, 2.45) is 0 Å². The summed E-state index contributed by atoms with van der Waals surface area (Å²) in [4.78, 5) is 15.2. The number of nitrogens with one attached hydrogen (secondary N) is 1. The predicted octanol–water partition coefficient (Wildman–Crippen LogP) is 3.27. The van der Waals surface area contributed by atoms with Gasteiger partial charge in [0.15, 0.2) is 6.29 Å². The molecule has 1 aliphatic rings. The molecule has 0 fully saturated rings. The van der Waals surface area contributed by atoms with Crippen LogP contribution < -0.4 is 14.2 Å². The largest absolute Gasteiger partial charge is 0.497 e. The summed E-state index contributed by atoms with van der Waals surface area (Å²) >= 11 is 0. The Kier molecular flexibility index (Phi) is 6.52. The number of nitrogens with zero attached hydrogens (tertiary/aromatic N) is 2. The number of H-pyrrole nitrogens is 1. The minimum atomic E-state index is -0.602. The molecule has 0 saturated carbocycles. The maximum absolute atomic E-state index is 13.5. The quantitative estimate of drug-likeness (QED) is 0.497. The van der Waals surface area contributed by atoms with Crippen molar-refractivity contribution >= 4 is 5.91 Å². The zero-order valence-corrected chi connectivity index (χ0v) is 19.2. The smallest absolute Gasteiger partial charge is 0.273 e. The van der Waals surface area contributed by atoms with Crippen LogP contribution in [0.4, 0.5) is 0 Å². The van der Waals surface area contributed by atoms with Crippen LogP contribution in [0, 0.1) is 0 Å². The van der Waals surface area contributed by atoms with Crippen molar-refractivity contribution in [2.75, 3.05) is 42.1 Å². The minimum absolute atomic E-state index is 0.203. The van der Waals surface area contributed by atoms with Crippen molar-refractivity contribution < 1.29 is 28.5 Å². The molecule has 0 radical (unpaired) electrons. The van der Waals surface area contributed by atoms with Gasteiger partial charge in [-0.1, -0.05) is 0 Å². The van der Waals surface area contributed by atoms with Crippen molar-refractivity contribution in [1.29, 1.82) is 0 Å². The van der Waals surface area contributed by atoms with Crippen molar-refractivity contribution in [2.45, 2.75) is 12.3 Å². The Labute approximate surface area is 192 Å². The predicted molar refractivity (Wildman–Crippen MR) is 121 cm³/mol. The number of fused-ring (bicyclic) bond motifs is 1. The Bertz CT molecular complexity index is 1120. The lowest BCUT2D eigenvalue weighted by molar-refractivity contribution is -0.113. The van der Waals surface area contributed by atoms with Gasteiger partial charge in [0.2, 0.25) is 0 Å². The first-order valence-electron chi connectivity index (χ1n) is 10.4. The topological polar surface area (TPSA) is 95.1 Å². The van der Waals surface area contributed by atoms with Crippen molar-refractivity contribution in [1.82, 2.24) is 15.1 Å². The van der Waals surface area contributed by atoms with Gasteiger partial charge in [0, 0.05) is 30.9 Å². The normalized spacial score (nSPS) is 15.2. The van der Waals surface area contributed by atoms with E-state index in [-0.39, 0.29) is 12.5 Å². The number of benzene rings is 2. The molecular formula is C24H27N3O6. The Morgan fingerprint density at radius 2 is 1.61 bits per heavy atom. The average Bonchev–Trinajstić information content (AvgIpc) is 3.40. The lowest BCUT2D eigenvalue weighted by atomic mass is 9.95. The molecule has 0 aliphatic carbocycles. The second-order valence-electron chi connectivity index (χ2n) is 7.46. The molecule has 9 heteroatoms. The molecule has 0 spiro atoms. The third-order valence-corrected chi connectivity index (χ3v) is 5.83. The van der Waals surface area contributed by atoms with E-state index in [9.17, 15) is 4.79 Å². The molecule has 0 saturated heterocycles. The molecule has 0 bridgehead atoms. The summed E-state index contributed by atoms with van der Waals surface area (Å²) in [5.74, 6) is 1.81. The average molecular weight is 453 g/mol. The Balaban J connectivity index is 1.90. The van der Waals surface area contributed by atoms with Gasteiger partial charge < -0.3 is 28.6 Å². The molecule has 4 rings (SSSR count). The summed E-state index contributed by atoms with van der Waals surface area (Å²) < 4.78 is 27.2. The molecule has 1 amide bonds. The number of hydrogen-bond donors (Lipinski definition) is 1. The van der Waals surface area contributed by atoms with Crippen LogP contribution in [0.15, 0.2) is 42.5 Å². The van der Waals surface area contributed by atoms with E-state index < -0.39 is 12.3 Å². The van der Waals surface area contributed by atoms with Gasteiger partial charge in [-0.15, -0.1) is 0 Å². The van der Waals surface area contributed by atoms with E-state index in [4.69, 9.17) is 23.7 Å². The highest BCUT2D eigenvalue weighted by Gasteiger charge is 2.44. The first-order valence-corrected chi connectivity index (χ1v) is 10.4. The molecule has 2 aromatic carbocycles. The van der Waals surface area contributed by atoms with Crippen LogP contribution in [0.25, 0.3) is 11.3 Å². The molecule has 174 valence electrons. The molecule has 1 N–H and O–H groups in total. The van der Waals surface area contributed by atoms with Gasteiger partial charge in [-0.05, 0) is 42.5 Å². The fourth-order valence-corrected chi connectivity index (χ4v) is 4.14. The summed E-state index contributed by atoms with van der Waals surface area (Å²) in [6, 6.07) is 12.6. The number of aromatic amines is 1. The summed E-state index contributed by atoms with van der Waals surface area (Å²) in [5, 5.41) is 7.44. The van der Waals surface area contributed by atoms with Crippen LogP contribution in [-0.4, -0.2) is 69.4 Å². The van der Waals surface area contributed by atoms with Gasteiger partial charge >= 0.3 is 0 Å². The van der Waals surface area contributed by atoms with Gasteiger partial charge in [0.1, 0.15) is 22.9 Å². The van der Waals surface area contributed by atoms with Gasteiger partial charge in [0.05, 0.1) is 39.6 Å². The Morgan fingerprint density at radius 3 is 2.21 bits per heavy atom. The number of carbonyl (C=O) groups is 1. The van der Waals surface area contributed by atoms with E-state index in [0.29, 0.717) is 22.9 Å². The molecule has 33 heavy (non-hydrogen) atoms. The maximum Gasteiger partial charge on any atom is 0.273 e. The summed E-state index contributed by atoms with van der Waals surface area (Å²) in [5.41, 5.74) is 3.46. The van der Waals surface area contributed by atoms with E-state index in [1.54, 1.807) is 40.4 Å². The molecule has 1 aliphatic heterocycles. The van der Waals surface area contributed by atoms with Crippen LogP contribution in [0.2, 0.25) is 0 Å². The lowest BCUT2D eigenvalue weighted by Crippen LogP contribution is -2.38. The zero-order chi connectivity index (χ0) is 23.5. The van der Waals surface area contributed by atoms with E-state index in [1.165, 1.54) is 0 Å². The Hall–Kier alpha value is -3.56. The summed E-state index contributed by atoms with van der Waals surface area (Å²) in [7, 11) is 7.89. The minimum Gasteiger partial charge on any atom is -0.497 e. The second-order valence-corrected chi connectivity index (χ2v) is 7.46. The lowest BCUT2D eigenvalue weighted by Gasteiger charge is -2.30. The molecule has 1 unspecified atom stereocenters. The summed E-state index contributed by atoms with van der Waals surface area (Å²) in [6.45, 7) is 0.210. The fraction of sp³-hybridized carbons (Fsp3) is 0.333. The highest BCUT2D eigenvalue weighted by molar-refractivity contribution is 6.00. The van der Waals surface area contributed by atoms with Gasteiger partial charge in [-0.25, -0.2) is 0 Å². The maximum atomic E-state index is 13.5. The van der Waals surface area contributed by atoms with E-state index in [1.807, 2.05) is 42.5 Å². The molecule has 2 heterocycles. The van der Waals surface area contributed by atoms with Gasteiger partial charge in [-0.3, -0.25) is 9.89 Å². The number of carbonyl (C=O) groups excluding carboxylic acids is 1. The third kappa shape index (κ3) is 4.01. The number of rotatable bonds is 9. The molecule has 1 atom stereocenters. The zero-order valence-electron chi connectivity index (χ0n) is 19.2. The van der Waals surface area contributed by atoms with Crippen LogP contribution >= 0.6 is 0 Å². The third-order valence-electron chi connectivity index (χ3n) is 5.83. The number of aromatic nitrogens is 2. The van der Waals surface area contributed by atoms with Crippen LogP contribution in [-0.2, 0) is 9.47 Å². The number of amides is 1. The molecule has 1 aromatic heterocycles. The second kappa shape index (κ2) is 9.51. The van der Waals surface area contributed by atoms with Crippen molar-refractivity contribution in [3.63, 3.8) is 0 Å². The first-order chi connectivity index (χ1) is 16.1.